The van der Waals surface area contributed by atoms with Crippen molar-refractivity contribution in [1.29, 1.82) is 0 Å². The van der Waals surface area contributed by atoms with Crippen LogP contribution in [-0.2, 0) is 32.6 Å². The molecule has 0 spiro atoms. The zero-order valence-corrected chi connectivity index (χ0v) is 27.3. The lowest BCUT2D eigenvalue weighted by Crippen LogP contribution is -2.53. The standard InChI is InChI=1S/C36H39F2N3O5S/c1-3-5-23-39-36(43)34(24-27-11-7-6-8-12-27)40(25-28-13-9-10-14-33(28)38)35(42)26-41(30-17-19-31(20-18-30)46-4-2)47(44,45)32-21-15-29(37)16-22-32/h6-22,34H,3-5,23-26H2,1-2H3,(H,39,43)/t34-/m1/s1. The van der Waals surface area contributed by atoms with Gasteiger partial charge in [0.15, 0.2) is 0 Å². The van der Waals surface area contributed by atoms with Crippen LogP contribution in [0.5, 0.6) is 5.75 Å². The third-order valence-corrected chi connectivity index (χ3v) is 9.30. The van der Waals surface area contributed by atoms with Gasteiger partial charge in [-0.2, -0.15) is 0 Å². The molecule has 0 aliphatic heterocycles. The first-order valence-corrected chi connectivity index (χ1v) is 16.9. The number of anilines is 1. The smallest absolute Gasteiger partial charge is 0.264 e. The Balaban J connectivity index is 1.80. The highest BCUT2D eigenvalue weighted by Crippen LogP contribution is 2.27. The van der Waals surface area contributed by atoms with Gasteiger partial charge in [0.2, 0.25) is 11.8 Å². The first-order valence-electron chi connectivity index (χ1n) is 15.5. The fourth-order valence-corrected chi connectivity index (χ4v) is 6.42. The average molecular weight is 664 g/mol. The monoisotopic (exact) mass is 663 g/mol. The highest BCUT2D eigenvalue weighted by Gasteiger charge is 2.35. The number of hydrogen-bond donors (Lipinski definition) is 1. The number of benzene rings is 4. The van der Waals surface area contributed by atoms with Crippen molar-refractivity contribution in [3.63, 3.8) is 0 Å². The second-order valence-electron chi connectivity index (χ2n) is 10.9. The van der Waals surface area contributed by atoms with Crippen LogP contribution in [0, 0.1) is 11.6 Å². The largest absolute Gasteiger partial charge is 0.494 e. The lowest BCUT2D eigenvalue weighted by Gasteiger charge is -2.34. The topological polar surface area (TPSA) is 96.0 Å². The maximum atomic E-state index is 15.0. The second kappa shape index (κ2) is 16.7. The van der Waals surface area contributed by atoms with Crippen molar-refractivity contribution in [2.45, 2.75) is 50.6 Å². The van der Waals surface area contributed by atoms with Crippen molar-refractivity contribution in [3.05, 3.63) is 126 Å². The van der Waals surface area contributed by atoms with Crippen molar-refractivity contribution in [1.82, 2.24) is 10.2 Å². The molecule has 0 radical (unpaired) electrons. The number of carbonyl (C=O) groups excluding carboxylic acids is 2. The minimum Gasteiger partial charge on any atom is -0.494 e. The molecule has 0 fully saturated rings. The highest BCUT2D eigenvalue weighted by atomic mass is 32.2. The van der Waals surface area contributed by atoms with E-state index in [0.29, 0.717) is 25.3 Å². The van der Waals surface area contributed by atoms with E-state index in [0.717, 1.165) is 40.6 Å². The lowest BCUT2D eigenvalue weighted by atomic mass is 10.0. The van der Waals surface area contributed by atoms with Crippen molar-refractivity contribution in [3.8, 4) is 5.75 Å². The fraction of sp³-hybridized carbons (Fsp3) is 0.278. The Morgan fingerprint density at radius 2 is 1.51 bits per heavy atom. The molecular formula is C36H39F2N3O5S. The lowest BCUT2D eigenvalue weighted by molar-refractivity contribution is -0.140. The number of nitrogens with zero attached hydrogens (tertiary/aromatic N) is 2. The predicted octanol–water partition coefficient (Wildman–Crippen LogP) is 6.12. The third kappa shape index (κ3) is 9.38. The Labute approximate surface area is 275 Å². The summed E-state index contributed by atoms with van der Waals surface area (Å²) in [5, 5.41) is 2.90. The van der Waals surface area contributed by atoms with E-state index < -0.39 is 46.1 Å². The molecule has 4 aromatic rings. The first-order chi connectivity index (χ1) is 22.6. The van der Waals surface area contributed by atoms with Gasteiger partial charge in [0.25, 0.3) is 10.0 Å². The maximum absolute atomic E-state index is 15.0. The molecule has 0 heterocycles. The average Bonchev–Trinajstić information content (AvgIpc) is 3.07. The molecule has 4 rings (SSSR count). The number of halogens is 2. The molecule has 1 N–H and O–H groups in total. The molecule has 0 aliphatic carbocycles. The number of carbonyl (C=O) groups is 2. The Morgan fingerprint density at radius 3 is 2.15 bits per heavy atom. The molecule has 1 atom stereocenters. The molecule has 0 aliphatic rings. The van der Waals surface area contributed by atoms with E-state index in [1.165, 1.54) is 35.2 Å². The Hall–Kier alpha value is -4.77. The van der Waals surface area contributed by atoms with Crippen molar-refractivity contribution in [2.75, 3.05) is 24.0 Å². The molecule has 4 aromatic carbocycles. The number of sulfonamides is 1. The quantitative estimate of drug-likeness (QED) is 0.146. The predicted molar refractivity (Wildman–Crippen MR) is 177 cm³/mol. The van der Waals surface area contributed by atoms with Crippen molar-refractivity contribution < 1.29 is 31.5 Å². The van der Waals surface area contributed by atoms with Gasteiger partial charge in [-0.05, 0) is 73.5 Å². The van der Waals surface area contributed by atoms with Crippen LogP contribution in [-0.4, -0.2) is 50.9 Å². The Morgan fingerprint density at radius 1 is 0.851 bits per heavy atom. The molecule has 8 nitrogen and oxygen atoms in total. The van der Waals surface area contributed by atoms with Gasteiger partial charge in [-0.25, -0.2) is 17.2 Å². The van der Waals surface area contributed by atoms with Crippen LogP contribution in [0.4, 0.5) is 14.5 Å². The number of nitrogens with one attached hydrogen (secondary N) is 1. The van der Waals surface area contributed by atoms with Crippen LogP contribution in [0.15, 0.2) is 108 Å². The molecule has 0 bridgehead atoms. The SMILES string of the molecule is CCCCNC(=O)[C@@H](Cc1ccccc1)N(Cc1ccccc1F)C(=O)CN(c1ccc(OCC)cc1)S(=O)(=O)c1ccc(F)cc1. The van der Waals surface area contributed by atoms with Crippen LogP contribution in [0.2, 0.25) is 0 Å². The molecule has 2 amide bonds. The summed E-state index contributed by atoms with van der Waals surface area (Å²) >= 11 is 0. The first kappa shape index (κ1) is 35.1. The molecule has 0 saturated heterocycles. The molecule has 47 heavy (non-hydrogen) atoms. The molecular weight excluding hydrogens is 624 g/mol. The number of ether oxygens (including phenoxy) is 1. The number of amides is 2. The van der Waals surface area contributed by atoms with Gasteiger partial charge >= 0.3 is 0 Å². The van der Waals surface area contributed by atoms with E-state index in [-0.39, 0.29) is 29.1 Å². The van der Waals surface area contributed by atoms with E-state index >= 15 is 4.39 Å². The van der Waals surface area contributed by atoms with E-state index in [4.69, 9.17) is 4.74 Å². The zero-order valence-electron chi connectivity index (χ0n) is 26.4. The second-order valence-corrected chi connectivity index (χ2v) is 12.7. The summed E-state index contributed by atoms with van der Waals surface area (Å²) in [6, 6.07) is 24.4. The summed E-state index contributed by atoms with van der Waals surface area (Å²) < 4.78 is 63.3. The number of hydrogen-bond acceptors (Lipinski definition) is 5. The van der Waals surface area contributed by atoms with Crippen LogP contribution in [0.25, 0.3) is 0 Å². The van der Waals surface area contributed by atoms with E-state index in [2.05, 4.69) is 5.32 Å². The van der Waals surface area contributed by atoms with Gasteiger partial charge in [0.05, 0.1) is 17.2 Å². The van der Waals surface area contributed by atoms with Gasteiger partial charge in [0.1, 0.15) is 30.0 Å². The van der Waals surface area contributed by atoms with Gasteiger partial charge in [-0.3, -0.25) is 13.9 Å². The van der Waals surface area contributed by atoms with Crippen LogP contribution >= 0.6 is 0 Å². The van der Waals surface area contributed by atoms with Crippen LogP contribution in [0.1, 0.15) is 37.8 Å². The summed E-state index contributed by atoms with van der Waals surface area (Å²) in [7, 11) is -4.42. The van der Waals surface area contributed by atoms with E-state index in [1.54, 1.807) is 18.2 Å². The summed E-state index contributed by atoms with van der Waals surface area (Å²) in [6.45, 7) is 3.54. The maximum Gasteiger partial charge on any atom is 0.264 e. The Kier molecular flexibility index (Phi) is 12.5. The van der Waals surface area contributed by atoms with Crippen LogP contribution in [0.3, 0.4) is 0 Å². The summed E-state index contributed by atoms with van der Waals surface area (Å²) in [4.78, 5) is 29.2. The number of rotatable bonds is 16. The molecule has 0 aromatic heterocycles. The molecule has 248 valence electrons. The fourth-order valence-electron chi connectivity index (χ4n) is 5.01. The summed E-state index contributed by atoms with van der Waals surface area (Å²) in [6.07, 6.45) is 1.65. The third-order valence-electron chi connectivity index (χ3n) is 7.52. The minimum absolute atomic E-state index is 0.104. The minimum atomic E-state index is -4.42. The molecule has 0 saturated carbocycles. The zero-order chi connectivity index (χ0) is 33.8. The van der Waals surface area contributed by atoms with Gasteiger partial charge in [-0.1, -0.05) is 61.9 Å². The van der Waals surface area contributed by atoms with Crippen LogP contribution < -0.4 is 14.4 Å². The normalized spacial score (nSPS) is 11.8. The van der Waals surface area contributed by atoms with Crippen molar-refractivity contribution in [2.24, 2.45) is 0 Å². The van der Waals surface area contributed by atoms with Gasteiger partial charge in [0, 0.05) is 25.1 Å². The summed E-state index contributed by atoms with van der Waals surface area (Å²) in [5.41, 5.74) is 1.06. The highest BCUT2D eigenvalue weighted by molar-refractivity contribution is 7.92. The van der Waals surface area contributed by atoms with Gasteiger partial charge < -0.3 is 15.0 Å². The summed E-state index contributed by atoms with van der Waals surface area (Å²) in [5.74, 6) is -1.88. The van der Waals surface area contributed by atoms with E-state index in [9.17, 15) is 22.4 Å². The number of unbranched alkanes of at least 4 members (excludes halogenated alkanes) is 1. The van der Waals surface area contributed by atoms with Crippen molar-refractivity contribution >= 4 is 27.5 Å². The Bertz CT molecular complexity index is 1720. The van der Waals surface area contributed by atoms with Gasteiger partial charge in [-0.15, -0.1) is 0 Å². The molecule has 11 heteroatoms. The van der Waals surface area contributed by atoms with E-state index in [1.807, 2.05) is 44.2 Å². The molecule has 0 unspecified atom stereocenters.